The predicted octanol–water partition coefficient (Wildman–Crippen LogP) is 5.50. The molecule has 192 valence electrons. The molecule has 1 saturated carbocycles. The second-order valence-corrected chi connectivity index (χ2v) is 10.0. The second kappa shape index (κ2) is 12.1. The Kier molecular flexibility index (Phi) is 9.47. The minimum Gasteiger partial charge on any atom is -0.343 e. The van der Waals surface area contributed by atoms with Crippen LogP contribution >= 0.6 is 36.2 Å². The van der Waals surface area contributed by atoms with Crippen LogP contribution in [0.1, 0.15) is 48.0 Å². The summed E-state index contributed by atoms with van der Waals surface area (Å²) >= 11 is 1.36. The van der Waals surface area contributed by atoms with Crippen molar-refractivity contribution in [3.05, 3.63) is 71.7 Å². The molecule has 1 aliphatic heterocycles. The number of likely N-dealkylation sites (tertiary alicyclic amines) is 1. The number of thiazole rings is 1. The Bertz CT molecular complexity index is 1200. The Hall–Kier alpha value is -2.52. The van der Waals surface area contributed by atoms with Crippen molar-refractivity contribution >= 4 is 53.0 Å². The largest absolute Gasteiger partial charge is 0.343 e. The van der Waals surface area contributed by atoms with Gasteiger partial charge in [-0.05, 0) is 61.2 Å². The quantitative estimate of drug-likeness (QED) is 0.424. The molecule has 0 unspecified atom stereocenters. The molecular weight excluding hydrogens is 522 g/mol. The highest BCUT2D eigenvalue weighted by Gasteiger charge is 2.40. The van der Waals surface area contributed by atoms with E-state index in [-0.39, 0.29) is 42.4 Å². The maximum atomic E-state index is 13.2. The second-order valence-electron chi connectivity index (χ2n) is 9.01. The first kappa shape index (κ1) is 28.1. The fourth-order valence-corrected chi connectivity index (χ4v) is 5.38. The molecule has 2 atom stereocenters. The third-order valence-corrected chi connectivity index (χ3v) is 7.55. The molecular formula is C26H29Cl2FN4O2S. The summed E-state index contributed by atoms with van der Waals surface area (Å²) in [6.07, 6.45) is 4.66. The zero-order valence-electron chi connectivity index (χ0n) is 19.8. The summed E-state index contributed by atoms with van der Waals surface area (Å²) in [4.78, 5) is 30.6. The van der Waals surface area contributed by atoms with Crippen LogP contribution < -0.4 is 10.6 Å². The zero-order chi connectivity index (χ0) is 23.7. The number of benzene rings is 2. The van der Waals surface area contributed by atoms with Crippen LogP contribution in [-0.4, -0.2) is 46.9 Å². The SMILES string of the molecule is CC(=O)N1CCC(N[C@@H]2C[C@H]2c2cccc(C(=O)Nc3cnc(-c4ccc(F)cc4)s3)c2)CC1.Cl.Cl. The van der Waals surface area contributed by atoms with E-state index in [1.54, 1.807) is 25.3 Å². The van der Waals surface area contributed by atoms with Crippen LogP contribution in [0.2, 0.25) is 0 Å². The van der Waals surface area contributed by atoms with E-state index in [4.69, 9.17) is 0 Å². The van der Waals surface area contributed by atoms with Crippen LogP contribution in [-0.2, 0) is 4.79 Å². The molecule has 2 heterocycles. The smallest absolute Gasteiger partial charge is 0.256 e. The van der Waals surface area contributed by atoms with Gasteiger partial charge in [-0.15, -0.1) is 24.8 Å². The van der Waals surface area contributed by atoms with Gasteiger partial charge in [0.1, 0.15) is 15.8 Å². The number of piperidine rings is 1. The van der Waals surface area contributed by atoms with Crippen molar-refractivity contribution in [1.29, 1.82) is 0 Å². The number of amides is 2. The lowest BCUT2D eigenvalue weighted by Crippen LogP contribution is -2.45. The lowest BCUT2D eigenvalue weighted by atomic mass is 10.0. The van der Waals surface area contributed by atoms with Gasteiger partial charge in [0.2, 0.25) is 5.91 Å². The van der Waals surface area contributed by atoms with Crippen LogP contribution in [0.3, 0.4) is 0 Å². The van der Waals surface area contributed by atoms with Gasteiger partial charge in [-0.25, -0.2) is 9.37 Å². The molecule has 2 aromatic carbocycles. The number of hydrogen-bond donors (Lipinski definition) is 2. The number of halogens is 3. The van der Waals surface area contributed by atoms with E-state index < -0.39 is 0 Å². The Morgan fingerprint density at radius 1 is 1.08 bits per heavy atom. The lowest BCUT2D eigenvalue weighted by molar-refractivity contribution is -0.129. The molecule has 36 heavy (non-hydrogen) atoms. The summed E-state index contributed by atoms with van der Waals surface area (Å²) in [5, 5.41) is 8.05. The number of anilines is 1. The molecule has 0 bridgehead atoms. The average Bonchev–Trinajstić information content (AvgIpc) is 3.46. The maximum absolute atomic E-state index is 13.2. The fraction of sp³-hybridized carbons (Fsp3) is 0.346. The standard InChI is InChI=1S/C26H27FN4O2S.2ClH/c1-16(32)31-11-9-21(10-12-31)29-23-14-22(23)18-3-2-4-19(13-18)25(33)30-24-15-28-26(34-24)17-5-7-20(27)8-6-17;;/h2-8,13,15,21-23,29H,9-12,14H2,1H3,(H,30,33);2*1H/t22-,23+;;/m0../s1. The third kappa shape index (κ3) is 6.62. The molecule has 5 rings (SSSR count). The van der Waals surface area contributed by atoms with Gasteiger partial charge in [-0.1, -0.05) is 23.5 Å². The van der Waals surface area contributed by atoms with Crippen LogP contribution in [0.15, 0.2) is 54.7 Å². The molecule has 1 saturated heterocycles. The molecule has 6 nitrogen and oxygen atoms in total. The molecule has 0 radical (unpaired) electrons. The monoisotopic (exact) mass is 550 g/mol. The van der Waals surface area contributed by atoms with E-state index >= 15 is 0 Å². The van der Waals surface area contributed by atoms with Crippen LogP contribution in [0.4, 0.5) is 9.39 Å². The molecule has 2 amide bonds. The number of hydrogen-bond acceptors (Lipinski definition) is 5. The Labute approximate surface area is 226 Å². The average molecular weight is 552 g/mol. The van der Waals surface area contributed by atoms with Gasteiger partial charge in [0.05, 0.1) is 6.20 Å². The Morgan fingerprint density at radius 3 is 2.50 bits per heavy atom. The van der Waals surface area contributed by atoms with E-state index in [0.29, 0.717) is 28.6 Å². The summed E-state index contributed by atoms with van der Waals surface area (Å²) in [7, 11) is 0. The van der Waals surface area contributed by atoms with Gasteiger partial charge in [-0.3, -0.25) is 9.59 Å². The van der Waals surface area contributed by atoms with Gasteiger partial charge >= 0.3 is 0 Å². The van der Waals surface area contributed by atoms with Crippen molar-refractivity contribution in [2.24, 2.45) is 0 Å². The molecule has 0 spiro atoms. The van der Waals surface area contributed by atoms with Crippen molar-refractivity contribution < 1.29 is 14.0 Å². The highest BCUT2D eigenvalue weighted by molar-refractivity contribution is 7.19. The van der Waals surface area contributed by atoms with E-state index in [2.05, 4.69) is 21.7 Å². The minimum atomic E-state index is -0.291. The van der Waals surface area contributed by atoms with Gasteiger partial charge < -0.3 is 15.5 Å². The van der Waals surface area contributed by atoms with Crippen molar-refractivity contribution in [3.8, 4) is 10.6 Å². The summed E-state index contributed by atoms with van der Waals surface area (Å²) in [6, 6.07) is 14.8. The Morgan fingerprint density at radius 2 is 1.81 bits per heavy atom. The molecule has 1 aromatic heterocycles. The predicted molar refractivity (Wildman–Crippen MR) is 146 cm³/mol. The highest BCUT2D eigenvalue weighted by Crippen LogP contribution is 2.42. The maximum Gasteiger partial charge on any atom is 0.256 e. The number of nitrogens with zero attached hydrogens (tertiary/aromatic N) is 2. The normalized spacial score (nSPS) is 19.1. The first-order valence-electron chi connectivity index (χ1n) is 11.6. The number of carbonyl (C=O) groups is 2. The first-order chi connectivity index (χ1) is 16.5. The molecule has 3 aromatic rings. The highest BCUT2D eigenvalue weighted by atomic mass is 35.5. The van der Waals surface area contributed by atoms with Gasteiger partial charge in [-0.2, -0.15) is 0 Å². The van der Waals surface area contributed by atoms with E-state index in [1.807, 2.05) is 23.1 Å². The summed E-state index contributed by atoms with van der Waals surface area (Å²) in [6.45, 7) is 3.27. The van der Waals surface area contributed by atoms with Crippen molar-refractivity contribution in [2.75, 3.05) is 18.4 Å². The molecule has 2 aliphatic rings. The topological polar surface area (TPSA) is 74.3 Å². The van der Waals surface area contributed by atoms with Gasteiger partial charge in [0.15, 0.2) is 0 Å². The number of aromatic nitrogens is 1. The first-order valence-corrected chi connectivity index (χ1v) is 12.4. The van der Waals surface area contributed by atoms with E-state index in [0.717, 1.165) is 42.9 Å². The summed E-state index contributed by atoms with van der Waals surface area (Å²) in [5.41, 5.74) is 2.60. The zero-order valence-corrected chi connectivity index (χ0v) is 22.2. The molecule has 10 heteroatoms. The summed E-state index contributed by atoms with van der Waals surface area (Å²) < 4.78 is 13.2. The van der Waals surface area contributed by atoms with Gasteiger partial charge in [0.25, 0.3) is 5.91 Å². The third-order valence-electron chi connectivity index (χ3n) is 6.59. The van der Waals surface area contributed by atoms with E-state index in [9.17, 15) is 14.0 Å². The summed E-state index contributed by atoms with van der Waals surface area (Å²) in [5.74, 6) is 0.105. The number of rotatable bonds is 6. The van der Waals surface area contributed by atoms with Crippen molar-refractivity contribution in [2.45, 2.75) is 44.2 Å². The molecule has 2 N–H and O–H groups in total. The molecule has 2 fully saturated rings. The lowest BCUT2D eigenvalue weighted by Gasteiger charge is -2.32. The van der Waals surface area contributed by atoms with Crippen molar-refractivity contribution in [3.63, 3.8) is 0 Å². The fourth-order valence-electron chi connectivity index (χ4n) is 4.56. The number of nitrogens with one attached hydrogen (secondary N) is 2. The van der Waals surface area contributed by atoms with Gasteiger partial charge in [0, 0.05) is 49.1 Å². The minimum absolute atomic E-state index is 0. The molecule has 1 aliphatic carbocycles. The Balaban J connectivity index is 0.00000180. The van der Waals surface area contributed by atoms with E-state index in [1.165, 1.54) is 29.0 Å². The van der Waals surface area contributed by atoms with Crippen molar-refractivity contribution in [1.82, 2.24) is 15.2 Å². The van der Waals surface area contributed by atoms with Crippen LogP contribution in [0.25, 0.3) is 10.6 Å². The number of carbonyl (C=O) groups excluding carboxylic acids is 2. The van der Waals surface area contributed by atoms with Crippen LogP contribution in [0, 0.1) is 5.82 Å². The van der Waals surface area contributed by atoms with Crippen LogP contribution in [0.5, 0.6) is 0 Å².